The van der Waals surface area contributed by atoms with Crippen molar-refractivity contribution in [1.29, 1.82) is 0 Å². The first-order chi connectivity index (χ1) is 9.86. The van der Waals surface area contributed by atoms with Crippen molar-refractivity contribution in [3.8, 4) is 11.5 Å². The van der Waals surface area contributed by atoms with Crippen molar-refractivity contribution in [2.75, 3.05) is 13.2 Å². The lowest BCUT2D eigenvalue weighted by Gasteiger charge is -2.19. The summed E-state index contributed by atoms with van der Waals surface area (Å²) in [6.45, 7) is 5.25. The zero-order chi connectivity index (χ0) is 13.8. The minimum Gasteiger partial charge on any atom is -0.486 e. The Balaban J connectivity index is 1.58. The van der Waals surface area contributed by atoms with E-state index in [0.717, 1.165) is 31.0 Å². The van der Waals surface area contributed by atoms with Gasteiger partial charge in [0.15, 0.2) is 11.5 Å². The first-order valence-electron chi connectivity index (χ1n) is 7.01. The Morgan fingerprint density at radius 3 is 2.80 bits per heavy atom. The third-order valence-corrected chi connectivity index (χ3v) is 4.40. The molecule has 20 heavy (non-hydrogen) atoms. The van der Waals surface area contributed by atoms with E-state index < -0.39 is 0 Å². The van der Waals surface area contributed by atoms with Gasteiger partial charge in [-0.05, 0) is 41.1 Å². The monoisotopic (exact) mass is 289 g/mol. The molecule has 0 aliphatic carbocycles. The molecule has 1 aromatic carbocycles. The summed E-state index contributed by atoms with van der Waals surface area (Å²) in [5.41, 5.74) is 2.67. The van der Waals surface area contributed by atoms with Crippen LogP contribution in [0.4, 0.5) is 0 Å². The number of hydrogen-bond acceptors (Lipinski definition) is 4. The minimum absolute atomic E-state index is 0.638. The van der Waals surface area contributed by atoms with E-state index in [1.807, 2.05) is 17.4 Å². The van der Waals surface area contributed by atoms with Crippen molar-refractivity contribution in [3.63, 3.8) is 0 Å². The van der Waals surface area contributed by atoms with Gasteiger partial charge in [0.2, 0.25) is 0 Å². The van der Waals surface area contributed by atoms with E-state index in [-0.39, 0.29) is 0 Å². The third-order valence-electron chi connectivity index (χ3n) is 3.44. The van der Waals surface area contributed by atoms with E-state index in [1.54, 1.807) is 0 Å². The Morgan fingerprint density at radius 2 is 1.95 bits per heavy atom. The fourth-order valence-corrected chi connectivity index (χ4v) is 3.30. The smallest absolute Gasteiger partial charge is 0.161 e. The van der Waals surface area contributed by atoms with Crippen molar-refractivity contribution in [3.05, 3.63) is 45.6 Å². The first kappa shape index (κ1) is 13.5. The molecule has 0 radical (unpaired) electrons. The quantitative estimate of drug-likeness (QED) is 0.915. The van der Waals surface area contributed by atoms with Crippen LogP contribution in [0.3, 0.4) is 0 Å². The lowest BCUT2D eigenvalue weighted by molar-refractivity contribution is 0.171. The Labute approximate surface area is 123 Å². The molecule has 0 unspecified atom stereocenters. The molecule has 0 fully saturated rings. The summed E-state index contributed by atoms with van der Waals surface area (Å²) in [6.07, 6.45) is 1.10. The average Bonchev–Trinajstić information content (AvgIpc) is 2.95. The maximum atomic E-state index is 5.60. The van der Waals surface area contributed by atoms with Gasteiger partial charge in [-0.2, -0.15) is 0 Å². The Bertz CT molecular complexity index is 580. The fraction of sp³-hybridized carbons (Fsp3) is 0.375. The van der Waals surface area contributed by atoms with Crippen LogP contribution in [0.5, 0.6) is 11.5 Å². The number of rotatable bonds is 5. The van der Waals surface area contributed by atoms with Crippen LogP contribution in [0.25, 0.3) is 0 Å². The molecule has 0 atom stereocenters. The molecule has 0 spiro atoms. The molecule has 0 saturated carbocycles. The van der Waals surface area contributed by atoms with Crippen LogP contribution in [0.2, 0.25) is 0 Å². The van der Waals surface area contributed by atoms with Crippen molar-refractivity contribution >= 4 is 11.3 Å². The highest BCUT2D eigenvalue weighted by molar-refractivity contribution is 7.10. The van der Waals surface area contributed by atoms with Crippen LogP contribution in [0, 0.1) is 0 Å². The number of ether oxygens (including phenoxy) is 2. The molecular weight excluding hydrogens is 270 g/mol. The van der Waals surface area contributed by atoms with Crippen molar-refractivity contribution < 1.29 is 9.47 Å². The number of aryl methyl sites for hydroxylation is 1. The molecule has 4 heteroatoms. The molecule has 3 nitrogen and oxygen atoms in total. The molecule has 0 saturated heterocycles. The van der Waals surface area contributed by atoms with Crippen molar-refractivity contribution in [1.82, 2.24) is 5.32 Å². The van der Waals surface area contributed by atoms with Crippen molar-refractivity contribution in [2.24, 2.45) is 0 Å². The van der Waals surface area contributed by atoms with Crippen LogP contribution >= 0.6 is 11.3 Å². The lowest BCUT2D eigenvalue weighted by atomic mass is 10.2. The predicted octanol–water partition coefficient (Wildman–Crippen LogP) is 3.37. The normalized spacial score (nSPS) is 13.4. The second-order valence-corrected chi connectivity index (χ2v) is 5.80. The zero-order valence-corrected chi connectivity index (χ0v) is 12.5. The van der Waals surface area contributed by atoms with Crippen molar-refractivity contribution in [2.45, 2.75) is 26.4 Å². The highest BCUT2D eigenvalue weighted by Gasteiger charge is 2.11. The van der Waals surface area contributed by atoms with Crippen LogP contribution in [-0.4, -0.2) is 13.2 Å². The molecule has 1 aromatic heterocycles. The molecular formula is C16H19NO2S. The molecule has 106 valence electrons. The summed E-state index contributed by atoms with van der Waals surface area (Å²) in [4.78, 5) is 1.44. The Hall–Kier alpha value is -1.52. The second kappa shape index (κ2) is 6.29. The summed E-state index contributed by atoms with van der Waals surface area (Å²) in [5.74, 6) is 1.72. The fourth-order valence-electron chi connectivity index (χ4n) is 2.36. The van der Waals surface area contributed by atoms with Crippen LogP contribution in [-0.2, 0) is 19.5 Å². The lowest BCUT2D eigenvalue weighted by Crippen LogP contribution is -2.16. The number of thiophene rings is 1. The Kier molecular flexibility index (Phi) is 4.23. The van der Waals surface area contributed by atoms with Gasteiger partial charge in [-0.1, -0.05) is 13.0 Å². The van der Waals surface area contributed by atoms with Crippen LogP contribution < -0.4 is 14.8 Å². The molecule has 2 aromatic rings. The van der Waals surface area contributed by atoms with E-state index in [9.17, 15) is 0 Å². The molecule has 1 N–H and O–H groups in total. The third kappa shape index (κ3) is 2.97. The number of hydrogen-bond donors (Lipinski definition) is 1. The molecule has 3 rings (SSSR count). The van der Waals surface area contributed by atoms with Gasteiger partial charge >= 0.3 is 0 Å². The van der Waals surface area contributed by atoms with Crippen LogP contribution in [0.1, 0.15) is 22.9 Å². The van der Waals surface area contributed by atoms with Gasteiger partial charge in [-0.15, -0.1) is 11.3 Å². The highest BCUT2D eigenvalue weighted by Crippen LogP contribution is 2.30. The number of nitrogens with one attached hydrogen (secondary N) is 1. The van der Waals surface area contributed by atoms with E-state index in [1.165, 1.54) is 16.0 Å². The molecule has 0 amide bonds. The maximum absolute atomic E-state index is 5.60. The van der Waals surface area contributed by atoms with E-state index in [0.29, 0.717) is 13.2 Å². The number of benzene rings is 1. The van der Waals surface area contributed by atoms with E-state index in [2.05, 4.69) is 35.8 Å². The van der Waals surface area contributed by atoms with Gasteiger partial charge in [-0.3, -0.25) is 0 Å². The summed E-state index contributed by atoms with van der Waals surface area (Å²) >= 11 is 1.82. The number of fused-ring (bicyclic) bond motifs is 1. The van der Waals surface area contributed by atoms with Crippen LogP contribution in [0.15, 0.2) is 29.6 Å². The van der Waals surface area contributed by atoms with Gasteiger partial charge in [0.25, 0.3) is 0 Å². The van der Waals surface area contributed by atoms with Gasteiger partial charge in [0, 0.05) is 18.0 Å². The minimum atomic E-state index is 0.638. The summed E-state index contributed by atoms with van der Waals surface area (Å²) in [7, 11) is 0. The average molecular weight is 289 g/mol. The zero-order valence-electron chi connectivity index (χ0n) is 11.6. The largest absolute Gasteiger partial charge is 0.486 e. The summed E-state index contributed by atoms with van der Waals surface area (Å²) in [6, 6.07) is 8.37. The predicted molar refractivity (Wildman–Crippen MR) is 81.7 cm³/mol. The standard InChI is InChI=1S/C16H19NO2S/c1-2-13-5-8-20-16(13)11-17-10-12-3-4-14-15(9-12)19-7-6-18-14/h3-5,8-9,17H,2,6-7,10-11H2,1H3. The Morgan fingerprint density at radius 1 is 1.10 bits per heavy atom. The van der Waals surface area contributed by atoms with Gasteiger partial charge in [-0.25, -0.2) is 0 Å². The SMILES string of the molecule is CCc1ccsc1CNCc1ccc2c(c1)OCCO2. The molecule has 2 heterocycles. The maximum Gasteiger partial charge on any atom is 0.161 e. The van der Waals surface area contributed by atoms with Gasteiger partial charge in [0.05, 0.1) is 0 Å². The molecule has 1 aliphatic rings. The summed E-state index contributed by atoms with van der Waals surface area (Å²) in [5, 5.41) is 5.67. The van der Waals surface area contributed by atoms with Gasteiger partial charge < -0.3 is 14.8 Å². The molecule has 1 aliphatic heterocycles. The van der Waals surface area contributed by atoms with Gasteiger partial charge in [0.1, 0.15) is 13.2 Å². The highest BCUT2D eigenvalue weighted by atomic mass is 32.1. The summed E-state index contributed by atoms with van der Waals surface area (Å²) < 4.78 is 11.1. The second-order valence-electron chi connectivity index (χ2n) is 4.80. The topological polar surface area (TPSA) is 30.5 Å². The molecule has 0 bridgehead atoms. The first-order valence-corrected chi connectivity index (χ1v) is 7.89. The van der Waals surface area contributed by atoms with E-state index >= 15 is 0 Å². The van der Waals surface area contributed by atoms with E-state index in [4.69, 9.17) is 9.47 Å².